The number of thiazole rings is 1. The van der Waals surface area contributed by atoms with E-state index in [1.807, 2.05) is 66.0 Å². The molecule has 1 fully saturated rings. The first-order valence-corrected chi connectivity index (χ1v) is 10.9. The number of esters is 1. The van der Waals surface area contributed by atoms with Crippen molar-refractivity contribution in [1.29, 1.82) is 0 Å². The number of ether oxygens (including phenoxy) is 1. The molecule has 6 heteroatoms. The van der Waals surface area contributed by atoms with Crippen LogP contribution in [0.2, 0.25) is 0 Å². The molecule has 0 aliphatic carbocycles. The average Bonchev–Trinajstić information content (AvgIpc) is 3.28. The number of hydrogen-bond donors (Lipinski definition) is 0. The van der Waals surface area contributed by atoms with Gasteiger partial charge < -0.3 is 9.64 Å². The first-order chi connectivity index (χ1) is 14.6. The van der Waals surface area contributed by atoms with Crippen molar-refractivity contribution in [3.05, 3.63) is 77.3 Å². The lowest BCUT2D eigenvalue weighted by Gasteiger charge is -2.40. The van der Waals surface area contributed by atoms with Gasteiger partial charge in [-0.05, 0) is 18.4 Å². The Morgan fingerprint density at radius 3 is 2.30 bits per heavy atom. The Morgan fingerprint density at radius 2 is 1.67 bits per heavy atom. The molecule has 1 aliphatic heterocycles. The zero-order valence-electron chi connectivity index (χ0n) is 16.9. The predicted molar refractivity (Wildman–Crippen MR) is 117 cm³/mol. The molecular formula is C24H24N2O3S. The van der Waals surface area contributed by atoms with Gasteiger partial charge >= 0.3 is 5.97 Å². The van der Waals surface area contributed by atoms with Crippen molar-refractivity contribution in [3.8, 4) is 10.6 Å². The van der Waals surface area contributed by atoms with E-state index in [1.165, 1.54) is 0 Å². The highest BCUT2D eigenvalue weighted by atomic mass is 32.1. The topological polar surface area (TPSA) is 59.5 Å². The zero-order valence-corrected chi connectivity index (χ0v) is 17.7. The van der Waals surface area contributed by atoms with Crippen molar-refractivity contribution >= 4 is 23.2 Å². The summed E-state index contributed by atoms with van der Waals surface area (Å²) >= 11 is 1.54. The van der Waals surface area contributed by atoms with Crippen LogP contribution >= 0.6 is 11.3 Å². The maximum atomic E-state index is 13.3. The normalized spacial score (nSPS) is 15.6. The summed E-state index contributed by atoms with van der Waals surface area (Å²) in [6.07, 6.45) is 1.11. The molecule has 30 heavy (non-hydrogen) atoms. The molecule has 1 amide bonds. The third-order valence-electron chi connectivity index (χ3n) is 5.70. The summed E-state index contributed by atoms with van der Waals surface area (Å²) in [5, 5.41) is 2.84. The lowest BCUT2D eigenvalue weighted by Crippen LogP contribution is -2.49. The predicted octanol–water partition coefficient (Wildman–Crippen LogP) is 4.43. The summed E-state index contributed by atoms with van der Waals surface area (Å²) in [5.74, 6) is -0.202. The van der Waals surface area contributed by atoms with Crippen molar-refractivity contribution in [2.75, 3.05) is 13.1 Å². The number of carbonyl (C=O) groups is 2. The van der Waals surface area contributed by atoms with Crippen LogP contribution in [-0.4, -0.2) is 34.8 Å². The van der Waals surface area contributed by atoms with Gasteiger partial charge in [0.1, 0.15) is 11.6 Å². The van der Waals surface area contributed by atoms with Gasteiger partial charge in [-0.15, -0.1) is 11.3 Å². The van der Waals surface area contributed by atoms with E-state index < -0.39 is 5.41 Å². The summed E-state index contributed by atoms with van der Waals surface area (Å²) in [7, 11) is 0. The van der Waals surface area contributed by atoms with E-state index in [0.29, 0.717) is 25.9 Å². The van der Waals surface area contributed by atoms with Gasteiger partial charge in [0.05, 0.1) is 11.1 Å². The number of nitrogens with zero attached hydrogens (tertiary/aromatic N) is 2. The molecule has 2 heterocycles. The Labute approximate surface area is 180 Å². The molecule has 1 saturated heterocycles. The van der Waals surface area contributed by atoms with Gasteiger partial charge in [0.15, 0.2) is 0 Å². The van der Waals surface area contributed by atoms with E-state index in [9.17, 15) is 9.59 Å². The second-order valence-corrected chi connectivity index (χ2v) is 8.40. The quantitative estimate of drug-likeness (QED) is 0.573. The molecule has 0 unspecified atom stereocenters. The molecule has 154 valence electrons. The molecule has 5 nitrogen and oxygen atoms in total. The summed E-state index contributed by atoms with van der Waals surface area (Å²) in [5.41, 5.74) is 2.02. The highest BCUT2D eigenvalue weighted by Crippen LogP contribution is 2.37. The number of carbonyl (C=O) groups excluding carboxylic acids is 2. The first-order valence-electron chi connectivity index (χ1n) is 10.1. The van der Waals surface area contributed by atoms with Crippen LogP contribution in [-0.2, 0) is 26.3 Å². The highest BCUT2D eigenvalue weighted by molar-refractivity contribution is 7.13. The fraction of sp³-hybridized carbons (Fsp3) is 0.292. The average molecular weight is 421 g/mol. The van der Waals surface area contributed by atoms with E-state index >= 15 is 0 Å². The SMILES string of the molecule is CC(=O)N1CCC(C(=O)OCc2csc(-c3ccccc3)n2)(c2ccccc2)CC1. The van der Waals surface area contributed by atoms with Crippen LogP contribution in [0.25, 0.3) is 10.6 Å². The number of rotatable bonds is 5. The molecule has 0 saturated carbocycles. The second-order valence-electron chi connectivity index (χ2n) is 7.54. The van der Waals surface area contributed by atoms with Gasteiger partial charge in [0.25, 0.3) is 0 Å². The van der Waals surface area contributed by atoms with Crippen molar-refractivity contribution in [2.45, 2.75) is 31.8 Å². The second kappa shape index (κ2) is 8.79. The van der Waals surface area contributed by atoms with Gasteiger partial charge in [-0.3, -0.25) is 9.59 Å². The Hall–Kier alpha value is -2.99. The maximum absolute atomic E-state index is 13.3. The van der Waals surface area contributed by atoms with Gasteiger partial charge in [-0.1, -0.05) is 60.7 Å². The van der Waals surface area contributed by atoms with Crippen molar-refractivity contribution < 1.29 is 14.3 Å². The Kier molecular flexibility index (Phi) is 5.95. The fourth-order valence-corrected chi connectivity index (χ4v) is 4.75. The lowest BCUT2D eigenvalue weighted by atomic mass is 9.72. The van der Waals surface area contributed by atoms with Crippen LogP contribution < -0.4 is 0 Å². The molecule has 0 spiro atoms. The van der Waals surface area contributed by atoms with E-state index in [1.54, 1.807) is 23.2 Å². The minimum Gasteiger partial charge on any atom is -0.458 e. The number of likely N-dealkylation sites (tertiary alicyclic amines) is 1. The van der Waals surface area contributed by atoms with Crippen LogP contribution in [0.1, 0.15) is 31.0 Å². The van der Waals surface area contributed by atoms with Gasteiger partial charge in [0, 0.05) is 31.0 Å². The summed E-state index contributed by atoms with van der Waals surface area (Å²) < 4.78 is 5.77. The Balaban J connectivity index is 1.49. The van der Waals surface area contributed by atoms with Crippen molar-refractivity contribution in [1.82, 2.24) is 9.88 Å². The minimum absolute atomic E-state index is 0.0425. The van der Waals surface area contributed by atoms with Gasteiger partial charge in [-0.25, -0.2) is 4.98 Å². The molecule has 0 bridgehead atoms. The lowest BCUT2D eigenvalue weighted by molar-refractivity contribution is -0.155. The Bertz CT molecular complexity index is 1010. The van der Waals surface area contributed by atoms with Crippen molar-refractivity contribution in [3.63, 3.8) is 0 Å². The summed E-state index contributed by atoms with van der Waals surface area (Å²) in [6.45, 7) is 2.82. The smallest absolute Gasteiger partial charge is 0.317 e. The van der Waals surface area contributed by atoms with Crippen LogP contribution in [0.3, 0.4) is 0 Å². The molecule has 0 radical (unpaired) electrons. The largest absolute Gasteiger partial charge is 0.458 e. The zero-order chi connectivity index (χ0) is 21.0. The van der Waals surface area contributed by atoms with E-state index in [-0.39, 0.29) is 18.5 Å². The standard InChI is InChI=1S/C24H24N2O3S/c1-18(27)26-14-12-24(13-15-26,20-10-6-3-7-11-20)23(28)29-16-21-17-30-22(25-21)19-8-4-2-5-9-19/h2-11,17H,12-16H2,1H3. The monoisotopic (exact) mass is 420 g/mol. The van der Waals surface area contributed by atoms with E-state index in [0.717, 1.165) is 21.8 Å². The number of benzene rings is 2. The molecule has 0 N–H and O–H groups in total. The fourth-order valence-electron chi connectivity index (χ4n) is 3.94. The van der Waals surface area contributed by atoms with Crippen LogP contribution in [0.5, 0.6) is 0 Å². The first kappa shape index (κ1) is 20.3. The molecule has 1 aromatic heterocycles. The number of hydrogen-bond acceptors (Lipinski definition) is 5. The third kappa shape index (κ3) is 4.14. The van der Waals surface area contributed by atoms with E-state index in [2.05, 4.69) is 4.98 Å². The van der Waals surface area contributed by atoms with Crippen LogP contribution in [0, 0.1) is 0 Å². The molecule has 2 aromatic carbocycles. The number of aromatic nitrogens is 1. The number of piperidine rings is 1. The molecular weight excluding hydrogens is 396 g/mol. The third-order valence-corrected chi connectivity index (χ3v) is 6.64. The maximum Gasteiger partial charge on any atom is 0.317 e. The molecule has 1 aliphatic rings. The van der Waals surface area contributed by atoms with Gasteiger partial charge in [-0.2, -0.15) is 0 Å². The van der Waals surface area contributed by atoms with Gasteiger partial charge in [0.2, 0.25) is 5.91 Å². The minimum atomic E-state index is -0.731. The summed E-state index contributed by atoms with van der Waals surface area (Å²) in [4.78, 5) is 31.5. The van der Waals surface area contributed by atoms with Crippen LogP contribution in [0.4, 0.5) is 0 Å². The molecule has 0 atom stereocenters. The van der Waals surface area contributed by atoms with E-state index in [4.69, 9.17) is 4.74 Å². The summed E-state index contributed by atoms with van der Waals surface area (Å²) in [6, 6.07) is 19.7. The van der Waals surface area contributed by atoms with Crippen molar-refractivity contribution in [2.24, 2.45) is 0 Å². The van der Waals surface area contributed by atoms with Crippen LogP contribution in [0.15, 0.2) is 66.0 Å². The molecule has 4 rings (SSSR count). The highest BCUT2D eigenvalue weighted by Gasteiger charge is 2.44. The Morgan fingerprint density at radius 1 is 1.03 bits per heavy atom. The number of amides is 1. The molecule has 3 aromatic rings.